The van der Waals surface area contributed by atoms with Gasteiger partial charge in [0.1, 0.15) is 12.4 Å². The molecule has 0 radical (unpaired) electrons. The standard InChI is InChI=1S/C20H28N2O6.C2HF3O2/c1-2-18(20(25)26)28-16-5-3-14(4-6-16)17(23)9-12-22-19(24)13-27-15-7-10-21-11-8-15;3-2(4,5)1(6)7/h3-6,15,18,21H,2,7-13H2,1H3,(H,22,24)(H,25,26);(H,6,7)/t18-;/m0./s1. The monoisotopic (exact) mass is 506 g/mol. The van der Waals surface area contributed by atoms with Gasteiger partial charge in [-0.2, -0.15) is 13.2 Å². The highest BCUT2D eigenvalue weighted by Crippen LogP contribution is 2.16. The number of amides is 1. The average molecular weight is 506 g/mol. The van der Waals surface area contributed by atoms with Crippen molar-refractivity contribution in [1.82, 2.24) is 10.6 Å². The fraction of sp³-hybridized carbons (Fsp3) is 0.545. The van der Waals surface area contributed by atoms with Crippen LogP contribution in [0.4, 0.5) is 13.2 Å². The molecule has 1 aliphatic rings. The summed E-state index contributed by atoms with van der Waals surface area (Å²) in [6, 6.07) is 6.33. The van der Waals surface area contributed by atoms with Gasteiger partial charge in [0, 0.05) is 18.5 Å². The molecule has 0 aromatic heterocycles. The molecule has 10 nitrogen and oxygen atoms in total. The zero-order chi connectivity index (χ0) is 26.4. The van der Waals surface area contributed by atoms with Crippen molar-refractivity contribution >= 4 is 23.6 Å². The number of benzene rings is 1. The van der Waals surface area contributed by atoms with Gasteiger partial charge < -0.3 is 30.3 Å². The summed E-state index contributed by atoms with van der Waals surface area (Å²) in [6.45, 7) is 3.78. The molecule has 1 aromatic rings. The molecule has 0 unspecified atom stereocenters. The van der Waals surface area contributed by atoms with Gasteiger partial charge >= 0.3 is 18.1 Å². The number of hydrogen-bond acceptors (Lipinski definition) is 7. The fourth-order valence-corrected chi connectivity index (χ4v) is 2.86. The molecule has 0 spiro atoms. The first-order valence-corrected chi connectivity index (χ1v) is 10.9. The molecule has 35 heavy (non-hydrogen) atoms. The maximum atomic E-state index is 12.2. The minimum atomic E-state index is -5.08. The van der Waals surface area contributed by atoms with Crippen LogP contribution in [0.15, 0.2) is 24.3 Å². The highest BCUT2D eigenvalue weighted by atomic mass is 19.4. The Morgan fingerprint density at radius 2 is 1.69 bits per heavy atom. The Kier molecular flexibility index (Phi) is 12.7. The Morgan fingerprint density at radius 3 is 2.17 bits per heavy atom. The normalized spacial score (nSPS) is 14.7. The summed E-state index contributed by atoms with van der Waals surface area (Å²) >= 11 is 0. The van der Waals surface area contributed by atoms with E-state index in [0.717, 1.165) is 25.9 Å². The number of ether oxygens (including phenoxy) is 2. The minimum absolute atomic E-state index is 0.00701. The highest BCUT2D eigenvalue weighted by molar-refractivity contribution is 5.96. The third kappa shape index (κ3) is 12.2. The van der Waals surface area contributed by atoms with Crippen LogP contribution in [0, 0.1) is 0 Å². The molecule has 1 amide bonds. The number of halogens is 3. The van der Waals surface area contributed by atoms with E-state index in [0.29, 0.717) is 17.7 Å². The molecule has 0 bridgehead atoms. The number of carbonyl (C=O) groups excluding carboxylic acids is 2. The van der Waals surface area contributed by atoms with Gasteiger partial charge in [-0.1, -0.05) is 6.92 Å². The number of aliphatic carboxylic acids is 2. The molecule has 4 N–H and O–H groups in total. The first-order chi connectivity index (χ1) is 16.4. The first-order valence-electron chi connectivity index (χ1n) is 10.9. The molecule has 1 aliphatic heterocycles. The SMILES string of the molecule is CC[C@H](Oc1ccc(C(=O)CCNC(=O)COC2CCNCC2)cc1)C(=O)O.O=C(O)C(F)(F)F. The van der Waals surface area contributed by atoms with Gasteiger partial charge in [-0.05, 0) is 56.6 Å². The molecule has 2 rings (SSSR count). The Bertz CT molecular complexity index is 840. The van der Waals surface area contributed by atoms with Crippen molar-refractivity contribution in [2.45, 2.75) is 51.0 Å². The van der Waals surface area contributed by atoms with Crippen molar-refractivity contribution in [3.05, 3.63) is 29.8 Å². The van der Waals surface area contributed by atoms with Crippen LogP contribution >= 0.6 is 0 Å². The lowest BCUT2D eigenvalue weighted by molar-refractivity contribution is -0.192. The summed E-state index contributed by atoms with van der Waals surface area (Å²) in [7, 11) is 0. The maximum Gasteiger partial charge on any atom is 0.490 e. The summed E-state index contributed by atoms with van der Waals surface area (Å²) < 4.78 is 42.7. The van der Waals surface area contributed by atoms with E-state index in [1.165, 1.54) is 0 Å². The molecule has 0 saturated carbocycles. The first kappa shape index (κ1) is 29.8. The molecule has 0 aliphatic carbocycles. The van der Waals surface area contributed by atoms with E-state index >= 15 is 0 Å². The van der Waals surface area contributed by atoms with Crippen LogP contribution in [-0.4, -0.2) is 78.5 Å². The quantitative estimate of drug-likeness (QED) is 0.330. The fourth-order valence-electron chi connectivity index (χ4n) is 2.86. The van der Waals surface area contributed by atoms with E-state index in [2.05, 4.69) is 10.6 Å². The number of ketones is 1. The predicted molar refractivity (Wildman–Crippen MR) is 116 cm³/mol. The number of carbonyl (C=O) groups is 4. The molecule has 1 fully saturated rings. The third-order valence-electron chi connectivity index (χ3n) is 4.75. The second kappa shape index (κ2) is 14.9. The number of hydrogen-bond donors (Lipinski definition) is 4. The zero-order valence-corrected chi connectivity index (χ0v) is 19.1. The van der Waals surface area contributed by atoms with Gasteiger partial charge in [0.25, 0.3) is 0 Å². The van der Waals surface area contributed by atoms with Gasteiger partial charge in [-0.15, -0.1) is 0 Å². The predicted octanol–water partition coefficient (Wildman–Crippen LogP) is 2.02. The van der Waals surface area contributed by atoms with Crippen molar-refractivity contribution in [2.24, 2.45) is 0 Å². The van der Waals surface area contributed by atoms with E-state index in [4.69, 9.17) is 24.5 Å². The van der Waals surface area contributed by atoms with Crippen LogP contribution in [0.2, 0.25) is 0 Å². The molecule has 1 heterocycles. The van der Waals surface area contributed by atoms with E-state index in [1.807, 2.05) is 0 Å². The van der Waals surface area contributed by atoms with Crippen molar-refractivity contribution < 1.29 is 52.0 Å². The van der Waals surface area contributed by atoms with Crippen molar-refractivity contribution in [3.63, 3.8) is 0 Å². The lowest BCUT2D eigenvalue weighted by Crippen LogP contribution is -2.36. The van der Waals surface area contributed by atoms with Gasteiger partial charge in [0.05, 0.1) is 6.10 Å². The van der Waals surface area contributed by atoms with Gasteiger partial charge in [0.2, 0.25) is 5.91 Å². The van der Waals surface area contributed by atoms with E-state index in [-0.39, 0.29) is 37.4 Å². The number of nitrogens with one attached hydrogen (secondary N) is 2. The summed E-state index contributed by atoms with van der Waals surface area (Å²) in [6.07, 6.45) is -3.57. The van der Waals surface area contributed by atoms with E-state index in [1.54, 1.807) is 31.2 Å². The zero-order valence-electron chi connectivity index (χ0n) is 19.1. The summed E-state index contributed by atoms with van der Waals surface area (Å²) in [5.41, 5.74) is 0.482. The van der Waals surface area contributed by atoms with Gasteiger partial charge in [-0.3, -0.25) is 9.59 Å². The molecular weight excluding hydrogens is 477 g/mol. The van der Waals surface area contributed by atoms with Gasteiger partial charge in [-0.25, -0.2) is 9.59 Å². The van der Waals surface area contributed by atoms with Crippen LogP contribution in [0.25, 0.3) is 0 Å². The largest absolute Gasteiger partial charge is 0.490 e. The minimum Gasteiger partial charge on any atom is -0.479 e. The molecule has 1 aromatic carbocycles. The van der Waals surface area contributed by atoms with Crippen LogP contribution in [0.1, 0.15) is 43.0 Å². The summed E-state index contributed by atoms with van der Waals surface area (Å²) in [5.74, 6) is -3.73. The second-order valence-corrected chi connectivity index (χ2v) is 7.46. The summed E-state index contributed by atoms with van der Waals surface area (Å²) in [5, 5.41) is 22.1. The lowest BCUT2D eigenvalue weighted by atomic mass is 10.1. The van der Waals surface area contributed by atoms with Crippen LogP contribution in [0.3, 0.4) is 0 Å². The smallest absolute Gasteiger partial charge is 0.479 e. The third-order valence-corrected chi connectivity index (χ3v) is 4.75. The average Bonchev–Trinajstić information content (AvgIpc) is 2.81. The van der Waals surface area contributed by atoms with Crippen molar-refractivity contribution in [2.75, 3.05) is 26.2 Å². The number of carboxylic acids is 2. The van der Waals surface area contributed by atoms with Gasteiger partial charge in [0.15, 0.2) is 11.9 Å². The second-order valence-electron chi connectivity index (χ2n) is 7.46. The number of Topliss-reactive ketones (excluding diaryl/α,β-unsaturated/α-hetero) is 1. The van der Waals surface area contributed by atoms with E-state index < -0.39 is 24.2 Å². The Balaban J connectivity index is 0.000000762. The number of carboxylic acid groups (broad SMARTS) is 2. The maximum absolute atomic E-state index is 12.2. The molecule has 1 atom stereocenters. The van der Waals surface area contributed by atoms with Crippen molar-refractivity contribution in [3.8, 4) is 5.75 Å². The van der Waals surface area contributed by atoms with Crippen molar-refractivity contribution in [1.29, 1.82) is 0 Å². The van der Waals surface area contributed by atoms with Crippen LogP contribution in [0.5, 0.6) is 5.75 Å². The highest BCUT2D eigenvalue weighted by Gasteiger charge is 2.38. The number of piperidine rings is 1. The Labute approximate surface area is 199 Å². The van der Waals surface area contributed by atoms with E-state index in [9.17, 15) is 27.6 Å². The Hall–Kier alpha value is -3.19. The Morgan fingerprint density at radius 1 is 1.11 bits per heavy atom. The summed E-state index contributed by atoms with van der Waals surface area (Å²) in [4.78, 5) is 43.9. The number of rotatable bonds is 11. The molecule has 196 valence electrons. The van der Waals surface area contributed by atoms with Crippen LogP contribution < -0.4 is 15.4 Å². The lowest BCUT2D eigenvalue weighted by Gasteiger charge is -2.22. The number of alkyl halides is 3. The van der Waals surface area contributed by atoms with Crippen LogP contribution in [-0.2, 0) is 19.1 Å². The topological polar surface area (TPSA) is 151 Å². The molecular formula is C22H29F3N2O8. The molecule has 13 heteroatoms. The molecule has 1 saturated heterocycles.